The molecule has 0 saturated carbocycles. The van der Waals surface area contributed by atoms with E-state index in [4.69, 9.17) is 32.7 Å². The molecule has 0 bridgehead atoms. The number of benzene rings is 3. The number of hydrogen-bond acceptors (Lipinski definition) is 3. The fourth-order valence-electron chi connectivity index (χ4n) is 2.51. The monoisotopic (exact) mass is 387 g/mol. The lowest BCUT2D eigenvalue weighted by Crippen LogP contribution is -2.02. The first-order chi connectivity index (χ1) is 12.7. The molecule has 0 saturated heterocycles. The molecule has 134 valence electrons. The van der Waals surface area contributed by atoms with Gasteiger partial charge in [0.25, 0.3) is 0 Å². The van der Waals surface area contributed by atoms with Crippen LogP contribution in [0.15, 0.2) is 66.7 Å². The van der Waals surface area contributed by atoms with Gasteiger partial charge in [0.1, 0.15) is 6.61 Å². The van der Waals surface area contributed by atoms with Gasteiger partial charge in [-0.15, -0.1) is 0 Å². The van der Waals surface area contributed by atoms with Crippen molar-refractivity contribution in [3.63, 3.8) is 0 Å². The summed E-state index contributed by atoms with van der Waals surface area (Å²) in [6.45, 7) is 1.10. The van der Waals surface area contributed by atoms with Gasteiger partial charge in [-0.2, -0.15) is 0 Å². The number of hydrogen-bond donors (Lipinski definition) is 1. The van der Waals surface area contributed by atoms with Crippen molar-refractivity contribution in [3.8, 4) is 11.5 Å². The largest absolute Gasteiger partial charge is 0.493 e. The summed E-state index contributed by atoms with van der Waals surface area (Å²) >= 11 is 12.1. The van der Waals surface area contributed by atoms with Crippen molar-refractivity contribution in [1.82, 2.24) is 0 Å². The van der Waals surface area contributed by atoms with Gasteiger partial charge in [-0.3, -0.25) is 0 Å². The number of anilines is 1. The van der Waals surface area contributed by atoms with Crippen LogP contribution in [0.1, 0.15) is 11.1 Å². The molecule has 3 aromatic carbocycles. The van der Waals surface area contributed by atoms with Crippen LogP contribution < -0.4 is 14.8 Å². The first-order valence-electron chi connectivity index (χ1n) is 8.18. The molecule has 0 aliphatic heterocycles. The van der Waals surface area contributed by atoms with Gasteiger partial charge in [0.2, 0.25) is 0 Å². The Bertz CT molecular complexity index is 869. The SMILES string of the molecule is COc1cc(CNc2ccc(Cl)cc2Cl)ccc1OCc1ccccc1. The molecule has 5 heteroatoms. The molecular formula is C21H19Cl2NO2. The Morgan fingerprint density at radius 2 is 1.65 bits per heavy atom. The molecule has 0 spiro atoms. The molecule has 3 aromatic rings. The minimum absolute atomic E-state index is 0.495. The summed E-state index contributed by atoms with van der Waals surface area (Å²) in [7, 11) is 1.64. The van der Waals surface area contributed by atoms with Crippen molar-refractivity contribution in [3.05, 3.63) is 87.9 Å². The van der Waals surface area contributed by atoms with Crippen molar-refractivity contribution in [2.24, 2.45) is 0 Å². The van der Waals surface area contributed by atoms with Gasteiger partial charge in [-0.05, 0) is 41.5 Å². The van der Waals surface area contributed by atoms with Crippen LogP contribution in [0.2, 0.25) is 10.0 Å². The van der Waals surface area contributed by atoms with E-state index in [-0.39, 0.29) is 0 Å². The van der Waals surface area contributed by atoms with E-state index in [1.54, 1.807) is 19.2 Å². The Labute approximate surface area is 163 Å². The Morgan fingerprint density at radius 1 is 0.846 bits per heavy atom. The summed E-state index contributed by atoms with van der Waals surface area (Å²) in [5.74, 6) is 1.41. The smallest absolute Gasteiger partial charge is 0.161 e. The summed E-state index contributed by atoms with van der Waals surface area (Å²) in [6, 6.07) is 21.3. The zero-order valence-corrected chi connectivity index (χ0v) is 15.8. The Kier molecular flexibility index (Phi) is 6.26. The maximum absolute atomic E-state index is 6.19. The Morgan fingerprint density at radius 3 is 2.38 bits per heavy atom. The van der Waals surface area contributed by atoms with E-state index in [1.165, 1.54) is 0 Å². The van der Waals surface area contributed by atoms with Gasteiger partial charge in [-0.25, -0.2) is 0 Å². The van der Waals surface area contributed by atoms with Crippen LogP contribution in [0.3, 0.4) is 0 Å². The van der Waals surface area contributed by atoms with E-state index in [2.05, 4.69) is 5.32 Å². The molecule has 0 aliphatic rings. The van der Waals surface area contributed by atoms with Crippen molar-refractivity contribution in [2.45, 2.75) is 13.2 Å². The summed E-state index contributed by atoms with van der Waals surface area (Å²) in [6.07, 6.45) is 0. The molecule has 3 nitrogen and oxygen atoms in total. The quantitative estimate of drug-likeness (QED) is 0.523. The summed E-state index contributed by atoms with van der Waals surface area (Å²) in [5.41, 5.74) is 3.00. The zero-order chi connectivity index (χ0) is 18.4. The van der Waals surface area contributed by atoms with Gasteiger partial charge < -0.3 is 14.8 Å². The summed E-state index contributed by atoms with van der Waals surface area (Å²) in [4.78, 5) is 0. The highest BCUT2D eigenvalue weighted by atomic mass is 35.5. The number of ether oxygens (including phenoxy) is 2. The number of rotatable bonds is 7. The van der Waals surface area contributed by atoms with Crippen LogP contribution in [0.5, 0.6) is 11.5 Å². The highest BCUT2D eigenvalue weighted by Crippen LogP contribution is 2.30. The third-order valence-electron chi connectivity index (χ3n) is 3.88. The van der Waals surface area contributed by atoms with Crippen molar-refractivity contribution in [2.75, 3.05) is 12.4 Å². The van der Waals surface area contributed by atoms with Gasteiger partial charge in [0.15, 0.2) is 11.5 Å². The highest BCUT2D eigenvalue weighted by Gasteiger charge is 2.07. The molecule has 0 aliphatic carbocycles. The fraction of sp³-hybridized carbons (Fsp3) is 0.143. The Balaban J connectivity index is 1.66. The minimum Gasteiger partial charge on any atom is -0.493 e. The van der Waals surface area contributed by atoms with E-state index < -0.39 is 0 Å². The molecule has 0 unspecified atom stereocenters. The third kappa shape index (κ3) is 4.84. The second-order valence-corrected chi connectivity index (χ2v) is 6.58. The molecule has 3 rings (SSSR count). The molecule has 0 atom stereocenters. The number of nitrogens with one attached hydrogen (secondary N) is 1. The topological polar surface area (TPSA) is 30.5 Å². The Hall–Kier alpha value is -2.36. The van der Waals surface area contributed by atoms with Crippen LogP contribution in [-0.2, 0) is 13.2 Å². The molecule has 0 aromatic heterocycles. The fourth-order valence-corrected chi connectivity index (χ4v) is 2.98. The van der Waals surface area contributed by atoms with E-state index in [0.717, 1.165) is 16.8 Å². The molecule has 26 heavy (non-hydrogen) atoms. The van der Waals surface area contributed by atoms with Gasteiger partial charge in [-0.1, -0.05) is 59.6 Å². The van der Waals surface area contributed by atoms with Gasteiger partial charge in [0, 0.05) is 11.6 Å². The van der Waals surface area contributed by atoms with E-state index in [0.29, 0.717) is 34.7 Å². The van der Waals surface area contributed by atoms with Crippen LogP contribution in [0, 0.1) is 0 Å². The second kappa shape index (κ2) is 8.84. The van der Waals surface area contributed by atoms with Crippen molar-refractivity contribution < 1.29 is 9.47 Å². The highest BCUT2D eigenvalue weighted by molar-refractivity contribution is 6.36. The van der Waals surface area contributed by atoms with Gasteiger partial charge >= 0.3 is 0 Å². The predicted molar refractivity (Wildman–Crippen MR) is 108 cm³/mol. The van der Waals surface area contributed by atoms with Crippen LogP contribution in [0.25, 0.3) is 0 Å². The molecule has 0 fully saturated rings. The van der Waals surface area contributed by atoms with Crippen LogP contribution in [0.4, 0.5) is 5.69 Å². The molecular weight excluding hydrogens is 369 g/mol. The van der Waals surface area contributed by atoms with Crippen LogP contribution >= 0.6 is 23.2 Å². The first kappa shape index (κ1) is 18.4. The molecule has 0 heterocycles. The van der Waals surface area contributed by atoms with E-state index >= 15 is 0 Å². The number of halogens is 2. The minimum atomic E-state index is 0.495. The van der Waals surface area contributed by atoms with E-state index in [9.17, 15) is 0 Å². The third-order valence-corrected chi connectivity index (χ3v) is 4.43. The number of methoxy groups -OCH3 is 1. The molecule has 0 radical (unpaired) electrons. The lowest BCUT2D eigenvalue weighted by Gasteiger charge is -2.13. The van der Waals surface area contributed by atoms with Gasteiger partial charge in [0.05, 0.1) is 17.8 Å². The lowest BCUT2D eigenvalue weighted by molar-refractivity contribution is 0.284. The normalized spacial score (nSPS) is 10.4. The maximum Gasteiger partial charge on any atom is 0.161 e. The lowest BCUT2D eigenvalue weighted by atomic mass is 10.2. The average Bonchev–Trinajstić information content (AvgIpc) is 2.67. The summed E-state index contributed by atoms with van der Waals surface area (Å²) in [5, 5.41) is 4.50. The first-order valence-corrected chi connectivity index (χ1v) is 8.94. The van der Waals surface area contributed by atoms with Crippen molar-refractivity contribution >= 4 is 28.9 Å². The van der Waals surface area contributed by atoms with Crippen LogP contribution in [-0.4, -0.2) is 7.11 Å². The van der Waals surface area contributed by atoms with E-state index in [1.807, 2.05) is 54.6 Å². The maximum atomic E-state index is 6.19. The van der Waals surface area contributed by atoms with Crippen molar-refractivity contribution in [1.29, 1.82) is 0 Å². The molecule has 1 N–H and O–H groups in total. The summed E-state index contributed by atoms with van der Waals surface area (Å²) < 4.78 is 11.4. The predicted octanol–water partition coefficient (Wildman–Crippen LogP) is 6.19. The second-order valence-electron chi connectivity index (χ2n) is 5.74. The zero-order valence-electron chi connectivity index (χ0n) is 14.3. The average molecular weight is 388 g/mol. The standard InChI is InChI=1S/C21H19Cl2NO2/c1-25-21-11-16(13-24-19-9-8-17(22)12-18(19)23)7-10-20(21)26-14-15-5-3-2-4-6-15/h2-12,24H,13-14H2,1H3. The molecule has 0 amide bonds.